The summed E-state index contributed by atoms with van der Waals surface area (Å²) in [4.78, 5) is 22.9. The number of nitrogens with one attached hydrogen (secondary N) is 3. The zero-order chi connectivity index (χ0) is 12.8. The highest BCUT2D eigenvalue weighted by atomic mass is 16.5. The summed E-state index contributed by atoms with van der Waals surface area (Å²) in [5.41, 5.74) is 0. The van der Waals surface area contributed by atoms with Crippen LogP contribution in [0.1, 0.15) is 25.7 Å². The van der Waals surface area contributed by atoms with Crippen LogP contribution in [0, 0.1) is 0 Å². The maximum atomic E-state index is 11.6. The highest BCUT2D eigenvalue weighted by molar-refractivity contribution is 5.79. The van der Waals surface area contributed by atoms with Crippen molar-refractivity contribution in [3.05, 3.63) is 0 Å². The van der Waals surface area contributed by atoms with Crippen molar-refractivity contribution in [2.24, 2.45) is 0 Å². The third-order valence-electron chi connectivity index (χ3n) is 3.03. The van der Waals surface area contributed by atoms with E-state index in [2.05, 4.69) is 16.0 Å². The minimum absolute atomic E-state index is 0.0217. The van der Waals surface area contributed by atoms with E-state index < -0.39 is 0 Å². The van der Waals surface area contributed by atoms with Crippen molar-refractivity contribution >= 4 is 11.8 Å². The summed E-state index contributed by atoms with van der Waals surface area (Å²) in [5.74, 6) is -0.0312. The highest BCUT2D eigenvalue weighted by Gasteiger charge is 2.23. The molecule has 0 aromatic carbocycles. The van der Waals surface area contributed by atoms with Crippen LogP contribution in [0.3, 0.4) is 0 Å². The van der Waals surface area contributed by atoms with Gasteiger partial charge in [-0.3, -0.25) is 9.59 Å². The molecule has 1 aliphatic carbocycles. The van der Waals surface area contributed by atoms with E-state index in [0.29, 0.717) is 32.0 Å². The van der Waals surface area contributed by atoms with E-state index in [9.17, 15) is 9.59 Å². The van der Waals surface area contributed by atoms with Gasteiger partial charge in [-0.15, -0.1) is 0 Å². The van der Waals surface area contributed by atoms with Crippen molar-refractivity contribution in [3.63, 3.8) is 0 Å². The summed E-state index contributed by atoms with van der Waals surface area (Å²) in [6.45, 7) is 2.62. The van der Waals surface area contributed by atoms with Crippen molar-refractivity contribution < 1.29 is 14.3 Å². The van der Waals surface area contributed by atoms with E-state index >= 15 is 0 Å². The lowest BCUT2D eigenvalue weighted by Crippen LogP contribution is -2.41. The number of carbonyl (C=O) groups is 2. The van der Waals surface area contributed by atoms with E-state index in [1.807, 2.05) is 0 Å². The monoisotopic (exact) mass is 255 g/mol. The molecule has 0 aromatic rings. The van der Waals surface area contributed by atoms with Gasteiger partial charge in [0.25, 0.3) is 0 Å². The van der Waals surface area contributed by atoms with E-state index in [1.165, 1.54) is 0 Å². The summed E-state index contributed by atoms with van der Waals surface area (Å²) >= 11 is 0. The van der Waals surface area contributed by atoms with Gasteiger partial charge in [0, 0.05) is 32.1 Å². The van der Waals surface area contributed by atoms with Gasteiger partial charge in [0.1, 0.15) is 0 Å². The molecule has 1 atom stereocenters. The Hall–Kier alpha value is -1.14. The van der Waals surface area contributed by atoms with Crippen LogP contribution >= 0.6 is 0 Å². The number of morpholine rings is 1. The Kier molecular flexibility index (Phi) is 4.95. The summed E-state index contributed by atoms with van der Waals surface area (Å²) < 4.78 is 5.43. The van der Waals surface area contributed by atoms with E-state index in [4.69, 9.17) is 4.74 Å². The van der Waals surface area contributed by atoms with Gasteiger partial charge < -0.3 is 20.7 Å². The fourth-order valence-electron chi connectivity index (χ4n) is 1.87. The molecule has 6 nitrogen and oxygen atoms in total. The third-order valence-corrected chi connectivity index (χ3v) is 3.03. The summed E-state index contributed by atoms with van der Waals surface area (Å²) in [5, 5.41) is 8.80. The molecular weight excluding hydrogens is 234 g/mol. The largest absolute Gasteiger partial charge is 0.375 e. The minimum atomic E-state index is -0.0529. The average molecular weight is 255 g/mol. The molecule has 2 rings (SSSR count). The van der Waals surface area contributed by atoms with Crippen LogP contribution in [0.2, 0.25) is 0 Å². The molecule has 6 heteroatoms. The van der Waals surface area contributed by atoms with Crippen LogP contribution in [-0.4, -0.2) is 50.2 Å². The first kappa shape index (κ1) is 13.3. The summed E-state index contributed by atoms with van der Waals surface area (Å²) in [6.07, 6.45) is 2.84. The van der Waals surface area contributed by atoms with Gasteiger partial charge in [-0.05, 0) is 12.8 Å². The van der Waals surface area contributed by atoms with Crippen LogP contribution in [0.4, 0.5) is 0 Å². The first-order valence-electron chi connectivity index (χ1n) is 6.62. The number of hydrogen-bond acceptors (Lipinski definition) is 4. The molecule has 3 N–H and O–H groups in total. The lowest BCUT2D eigenvalue weighted by atomic mass is 10.2. The molecule has 1 heterocycles. The molecule has 0 spiro atoms. The van der Waals surface area contributed by atoms with E-state index in [-0.39, 0.29) is 17.9 Å². The fourth-order valence-corrected chi connectivity index (χ4v) is 1.87. The SMILES string of the molecule is O=C(CC1CNCCO1)NCCC(=O)NC1CC1. The van der Waals surface area contributed by atoms with Gasteiger partial charge in [-0.2, -0.15) is 0 Å². The Labute approximate surface area is 107 Å². The van der Waals surface area contributed by atoms with Crippen LogP contribution < -0.4 is 16.0 Å². The Morgan fingerprint density at radius 1 is 1.28 bits per heavy atom. The number of amides is 2. The Balaban J connectivity index is 1.52. The zero-order valence-electron chi connectivity index (χ0n) is 10.5. The van der Waals surface area contributed by atoms with Gasteiger partial charge in [0.05, 0.1) is 19.1 Å². The fraction of sp³-hybridized carbons (Fsp3) is 0.833. The zero-order valence-corrected chi connectivity index (χ0v) is 10.5. The standard InChI is InChI=1S/C12H21N3O3/c16-11(15-9-1-2-9)3-4-14-12(17)7-10-8-13-5-6-18-10/h9-10,13H,1-8H2,(H,14,17)(H,15,16). The molecule has 1 saturated carbocycles. The summed E-state index contributed by atoms with van der Waals surface area (Å²) in [7, 11) is 0. The van der Waals surface area contributed by atoms with Gasteiger partial charge in [0.2, 0.25) is 11.8 Å². The molecule has 1 saturated heterocycles. The molecule has 0 aromatic heterocycles. The van der Waals surface area contributed by atoms with E-state index in [1.54, 1.807) is 0 Å². The molecule has 18 heavy (non-hydrogen) atoms. The lowest BCUT2D eigenvalue weighted by molar-refractivity contribution is -0.124. The van der Waals surface area contributed by atoms with Crippen molar-refractivity contribution in [3.8, 4) is 0 Å². The van der Waals surface area contributed by atoms with Gasteiger partial charge >= 0.3 is 0 Å². The van der Waals surface area contributed by atoms with Crippen molar-refractivity contribution in [1.29, 1.82) is 0 Å². The molecule has 1 unspecified atom stereocenters. The van der Waals surface area contributed by atoms with Crippen LogP contribution in [0.25, 0.3) is 0 Å². The molecule has 0 bridgehead atoms. The summed E-state index contributed by atoms with van der Waals surface area (Å²) in [6, 6.07) is 0.384. The number of ether oxygens (including phenoxy) is 1. The second-order valence-electron chi connectivity index (χ2n) is 4.84. The number of carbonyl (C=O) groups excluding carboxylic acids is 2. The Bertz CT molecular complexity index is 299. The van der Waals surface area contributed by atoms with Crippen molar-refractivity contribution in [1.82, 2.24) is 16.0 Å². The molecular formula is C12H21N3O3. The second-order valence-corrected chi connectivity index (χ2v) is 4.84. The first-order chi connectivity index (χ1) is 8.74. The predicted octanol–water partition coefficient (Wildman–Crippen LogP) is -0.850. The maximum absolute atomic E-state index is 11.6. The quantitative estimate of drug-likeness (QED) is 0.577. The second kappa shape index (κ2) is 6.70. The van der Waals surface area contributed by atoms with Gasteiger partial charge in [-0.1, -0.05) is 0 Å². The topological polar surface area (TPSA) is 79.5 Å². The molecule has 2 amide bonds. The van der Waals surface area contributed by atoms with Crippen molar-refractivity contribution in [2.45, 2.75) is 37.8 Å². The Morgan fingerprint density at radius 3 is 2.78 bits per heavy atom. The number of rotatable bonds is 6. The Morgan fingerprint density at radius 2 is 2.11 bits per heavy atom. The first-order valence-corrected chi connectivity index (χ1v) is 6.62. The normalized spacial score (nSPS) is 23.4. The number of hydrogen-bond donors (Lipinski definition) is 3. The van der Waals surface area contributed by atoms with Gasteiger partial charge in [0.15, 0.2) is 0 Å². The van der Waals surface area contributed by atoms with Gasteiger partial charge in [-0.25, -0.2) is 0 Å². The molecule has 2 aliphatic rings. The lowest BCUT2D eigenvalue weighted by Gasteiger charge is -2.22. The van der Waals surface area contributed by atoms with Crippen LogP contribution in [0.15, 0.2) is 0 Å². The minimum Gasteiger partial charge on any atom is -0.375 e. The van der Waals surface area contributed by atoms with Crippen LogP contribution in [0.5, 0.6) is 0 Å². The molecule has 1 aliphatic heterocycles. The van der Waals surface area contributed by atoms with Crippen LogP contribution in [-0.2, 0) is 14.3 Å². The highest BCUT2D eigenvalue weighted by Crippen LogP contribution is 2.18. The third kappa shape index (κ3) is 5.01. The molecule has 102 valence electrons. The van der Waals surface area contributed by atoms with E-state index in [0.717, 1.165) is 25.9 Å². The average Bonchev–Trinajstić information content (AvgIpc) is 3.14. The molecule has 0 radical (unpaired) electrons. The predicted molar refractivity (Wildman–Crippen MR) is 66.0 cm³/mol. The smallest absolute Gasteiger partial charge is 0.222 e. The maximum Gasteiger partial charge on any atom is 0.222 e. The molecule has 2 fully saturated rings. The van der Waals surface area contributed by atoms with Crippen molar-refractivity contribution in [2.75, 3.05) is 26.2 Å².